The van der Waals surface area contributed by atoms with Crippen LogP contribution in [0.15, 0.2) is 42.5 Å². The predicted molar refractivity (Wildman–Crippen MR) is 90.9 cm³/mol. The molecule has 27 heavy (non-hydrogen) atoms. The van der Waals surface area contributed by atoms with Crippen LogP contribution in [0.3, 0.4) is 0 Å². The molecule has 0 saturated heterocycles. The largest absolute Gasteiger partial charge is 0.451 e. The lowest BCUT2D eigenvalue weighted by Crippen LogP contribution is -2.24. The lowest BCUT2D eigenvalue weighted by atomic mass is 10.1. The molecular weight excluding hydrogens is 358 g/mol. The zero-order chi connectivity index (χ0) is 20.0. The molecule has 0 unspecified atom stereocenters. The van der Waals surface area contributed by atoms with Crippen molar-refractivity contribution in [3.05, 3.63) is 65.2 Å². The van der Waals surface area contributed by atoms with Crippen LogP contribution < -0.4 is 5.32 Å². The number of anilines is 1. The second-order valence-electron chi connectivity index (χ2n) is 5.50. The molecule has 0 bridgehead atoms. The van der Waals surface area contributed by atoms with Crippen molar-refractivity contribution in [3.63, 3.8) is 0 Å². The third-order valence-corrected chi connectivity index (χ3v) is 3.50. The fourth-order valence-corrected chi connectivity index (χ4v) is 2.13. The molecule has 6 nitrogen and oxygen atoms in total. The highest BCUT2D eigenvalue weighted by atomic mass is 19.2. The first-order valence-electron chi connectivity index (χ1n) is 7.79. The Bertz CT molecular complexity index is 920. The molecule has 0 aliphatic rings. The molecule has 0 fully saturated rings. The Kier molecular flexibility index (Phi) is 6.33. The van der Waals surface area contributed by atoms with Crippen LogP contribution in [0.1, 0.15) is 34.1 Å². The standard InChI is InChI=1S/C19H14F2N2O4/c1-11(18(25)13-4-7-15(20)16(21)10-13)27-19(26)12-2-5-14(6-3-12)23-17(24)8-9-22/h2-7,10-11H,8H2,1H3,(H,23,24)/t11-/m1/s1. The number of carbonyl (C=O) groups is 3. The van der Waals surface area contributed by atoms with E-state index in [1.54, 1.807) is 6.07 Å². The average molecular weight is 372 g/mol. The van der Waals surface area contributed by atoms with E-state index < -0.39 is 35.4 Å². The van der Waals surface area contributed by atoms with Gasteiger partial charge in [0.1, 0.15) is 6.42 Å². The number of nitriles is 1. The molecule has 0 saturated carbocycles. The lowest BCUT2D eigenvalue weighted by Gasteiger charge is -2.13. The number of amides is 1. The summed E-state index contributed by atoms with van der Waals surface area (Å²) in [5.41, 5.74) is 0.390. The number of ether oxygens (including phenoxy) is 1. The summed E-state index contributed by atoms with van der Waals surface area (Å²) in [6, 6.07) is 9.99. The van der Waals surface area contributed by atoms with E-state index in [4.69, 9.17) is 10.00 Å². The number of halogens is 2. The zero-order valence-electron chi connectivity index (χ0n) is 14.2. The third kappa shape index (κ3) is 5.19. The Hall–Kier alpha value is -3.60. The molecule has 2 aromatic carbocycles. The van der Waals surface area contributed by atoms with Crippen LogP contribution in [0.2, 0.25) is 0 Å². The summed E-state index contributed by atoms with van der Waals surface area (Å²) in [5.74, 6) is -4.22. The Morgan fingerprint density at radius 2 is 1.70 bits per heavy atom. The minimum atomic E-state index is -1.21. The maximum atomic E-state index is 13.2. The van der Waals surface area contributed by atoms with E-state index in [-0.39, 0.29) is 17.5 Å². The van der Waals surface area contributed by atoms with Gasteiger partial charge in [-0.1, -0.05) is 0 Å². The predicted octanol–water partition coefficient (Wildman–Crippen LogP) is 3.25. The van der Waals surface area contributed by atoms with Crippen LogP contribution in [-0.4, -0.2) is 23.8 Å². The molecule has 1 atom stereocenters. The Balaban J connectivity index is 2.01. The van der Waals surface area contributed by atoms with Gasteiger partial charge in [-0.05, 0) is 49.4 Å². The molecule has 8 heteroatoms. The first kappa shape index (κ1) is 19.7. The average Bonchev–Trinajstić information content (AvgIpc) is 2.64. The first-order valence-corrected chi connectivity index (χ1v) is 7.79. The SMILES string of the molecule is C[C@@H](OC(=O)c1ccc(NC(=O)CC#N)cc1)C(=O)c1ccc(F)c(F)c1. The minimum absolute atomic E-state index is 0.121. The molecule has 0 aromatic heterocycles. The van der Waals surface area contributed by atoms with Crippen molar-refractivity contribution in [1.29, 1.82) is 5.26 Å². The molecule has 138 valence electrons. The van der Waals surface area contributed by atoms with Gasteiger partial charge < -0.3 is 10.1 Å². The Morgan fingerprint density at radius 1 is 1.07 bits per heavy atom. The number of ketones is 1. The van der Waals surface area contributed by atoms with Crippen molar-refractivity contribution < 1.29 is 27.9 Å². The van der Waals surface area contributed by atoms with Gasteiger partial charge in [0, 0.05) is 11.3 Å². The van der Waals surface area contributed by atoms with Gasteiger partial charge >= 0.3 is 5.97 Å². The van der Waals surface area contributed by atoms with E-state index in [2.05, 4.69) is 5.32 Å². The van der Waals surface area contributed by atoms with Crippen molar-refractivity contribution in [2.75, 3.05) is 5.32 Å². The van der Waals surface area contributed by atoms with Gasteiger partial charge in [0.2, 0.25) is 11.7 Å². The van der Waals surface area contributed by atoms with Gasteiger partial charge in [0.05, 0.1) is 11.6 Å². The maximum Gasteiger partial charge on any atom is 0.338 e. The monoisotopic (exact) mass is 372 g/mol. The zero-order valence-corrected chi connectivity index (χ0v) is 14.2. The number of esters is 1. The van der Waals surface area contributed by atoms with Gasteiger partial charge in [0.25, 0.3) is 0 Å². The van der Waals surface area contributed by atoms with Gasteiger partial charge in [0.15, 0.2) is 17.7 Å². The van der Waals surface area contributed by atoms with Crippen LogP contribution in [0.5, 0.6) is 0 Å². The number of carbonyl (C=O) groups excluding carboxylic acids is 3. The van der Waals surface area contributed by atoms with Crippen LogP contribution in [0, 0.1) is 23.0 Å². The van der Waals surface area contributed by atoms with Gasteiger partial charge in [-0.3, -0.25) is 9.59 Å². The van der Waals surface area contributed by atoms with Crippen LogP contribution in [0.25, 0.3) is 0 Å². The minimum Gasteiger partial charge on any atom is -0.451 e. The van der Waals surface area contributed by atoms with E-state index in [1.807, 2.05) is 0 Å². The van der Waals surface area contributed by atoms with Crippen molar-refractivity contribution >= 4 is 23.3 Å². The number of nitrogens with one attached hydrogen (secondary N) is 1. The molecule has 1 amide bonds. The summed E-state index contributed by atoms with van der Waals surface area (Å²) in [7, 11) is 0. The second kappa shape index (κ2) is 8.67. The molecule has 2 aromatic rings. The molecule has 0 spiro atoms. The summed E-state index contributed by atoms with van der Waals surface area (Å²) < 4.78 is 31.2. The summed E-state index contributed by atoms with van der Waals surface area (Å²) in [5, 5.41) is 10.9. The van der Waals surface area contributed by atoms with E-state index in [9.17, 15) is 23.2 Å². The maximum absolute atomic E-state index is 13.2. The molecule has 2 rings (SSSR count). The van der Waals surface area contributed by atoms with Crippen molar-refractivity contribution in [3.8, 4) is 6.07 Å². The van der Waals surface area contributed by atoms with E-state index in [0.29, 0.717) is 5.69 Å². The fraction of sp³-hybridized carbons (Fsp3) is 0.158. The quantitative estimate of drug-likeness (QED) is 0.620. The summed E-state index contributed by atoms with van der Waals surface area (Å²) >= 11 is 0. The molecule has 0 aliphatic carbocycles. The smallest absolute Gasteiger partial charge is 0.338 e. The third-order valence-electron chi connectivity index (χ3n) is 3.50. The number of nitrogens with zero attached hydrogens (tertiary/aromatic N) is 1. The number of rotatable bonds is 6. The highest BCUT2D eigenvalue weighted by Gasteiger charge is 2.21. The van der Waals surface area contributed by atoms with Gasteiger partial charge in [-0.2, -0.15) is 5.26 Å². The normalized spacial score (nSPS) is 11.2. The summed E-state index contributed by atoms with van der Waals surface area (Å²) in [4.78, 5) is 35.6. The molecule has 0 radical (unpaired) electrons. The fourth-order valence-electron chi connectivity index (χ4n) is 2.13. The number of hydrogen-bond acceptors (Lipinski definition) is 5. The number of hydrogen-bond donors (Lipinski definition) is 1. The molecule has 1 N–H and O–H groups in total. The van der Waals surface area contributed by atoms with Crippen LogP contribution >= 0.6 is 0 Å². The Labute approximate surface area is 153 Å². The van der Waals surface area contributed by atoms with Crippen molar-refractivity contribution in [2.45, 2.75) is 19.4 Å². The summed E-state index contributed by atoms with van der Waals surface area (Å²) in [6.07, 6.45) is -1.51. The van der Waals surface area contributed by atoms with Crippen LogP contribution in [0.4, 0.5) is 14.5 Å². The summed E-state index contributed by atoms with van der Waals surface area (Å²) in [6.45, 7) is 1.32. The van der Waals surface area contributed by atoms with E-state index >= 15 is 0 Å². The van der Waals surface area contributed by atoms with Crippen molar-refractivity contribution in [2.24, 2.45) is 0 Å². The number of benzene rings is 2. The topological polar surface area (TPSA) is 96.3 Å². The highest BCUT2D eigenvalue weighted by molar-refractivity contribution is 6.01. The van der Waals surface area contributed by atoms with Gasteiger partial charge in [-0.25, -0.2) is 13.6 Å². The Morgan fingerprint density at radius 3 is 2.30 bits per heavy atom. The van der Waals surface area contributed by atoms with E-state index in [0.717, 1.165) is 18.2 Å². The molecular formula is C19H14F2N2O4. The second-order valence-corrected chi connectivity index (χ2v) is 5.50. The van der Waals surface area contributed by atoms with Crippen molar-refractivity contribution in [1.82, 2.24) is 0 Å². The highest BCUT2D eigenvalue weighted by Crippen LogP contribution is 2.15. The number of Topliss-reactive ketones (excluding diaryl/α,β-unsaturated/α-hetero) is 1. The first-order chi connectivity index (χ1) is 12.8. The molecule has 0 aliphatic heterocycles. The lowest BCUT2D eigenvalue weighted by molar-refractivity contribution is -0.115. The van der Waals surface area contributed by atoms with Crippen LogP contribution in [-0.2, 0) is 9.53 Å². The molecule has 0 heterocycles. The van der Waals surface area contributed by atoms with Gasteiger partial charge in [-0.15, -0.1) is 0 Å². The van der Waals surface area contributed by atoms with E-state index in [1.165, 1.54) is 31.2 Å².